The molecule has 0 aliphatic heterocycles. The molecule has 0 aliphatic rings. The van der Waals surface area contributed by atoms with Gasteiger partial charge < -0.3 is 14.8 Å². The van der Waals surface area contributed by atoms with Gasteiger partial charge in [-0.25, -0.2) is 9.97 Å². The van der Waals surface area contributed by atoms with Crippen LogP contribution >= 0.6 is 11.6 Å². The molecule has 1 aromatic carbocycles. The van der Waals surface area contributed by atoms with E-state index in [0.717, 1.165) is 5.56 Å². The van der Waals surface area contributed by atoms with Gasteiger partial charge in [-0.3, -0.25) is 9.48 Å². The Morgan fingerprint density at radius 3 is 2.80 bits per heavy atom. The molecule has 0 atom stereocenters. The summed E-state index contributed by atoms with van der Waals surface area (Å²) in [5.74, 6) is 0.820. The number of aromatic nitrogens is 4. The Morgan fingerprint density at radius 2 is 2.08 bits per heavy atom. The van der Waals surface area contributed by atoms with Gasteiger partial charge in [-0.1, -0.05) is 11.6 Å². The zero-order chi connectivity index (χ0) is 18.0. The number of hydrogen-bond acceptors (Lipinski definition) is 6. The Labute approximate surface area is 148 Å². The van der Waals surface area contributed by atoms with Crippen LogP contribution in [-0.2, 0) is 13.6 Å². The standard InChI is InChI=1S/C16H16ClN5O3/c1-22-15-11(8-19-22)13(17)20-14(21-15)16(23)18-7-9-4-5-10(24-2)6-12(9)25-3/h4-6,8H,7H2,1-3H3,(H,18,23). The summed E-state index contributed by atoms with van der Waals surface area (Å²) in [7, 11) is 4.85. The number of ether oxygens (including phenoxy) is 2. The van der Waals surface area contributed by atoms with E-state index < -0.39 is 5.91 Å². The van der Waals surface area contributed by atoms with Crippen molar-refractivity contribution < 1.29 is 14.3 Å². The second kappa shape index (κ2) is 6.94. The fraction of sp³-hybridized carbons (Fsp3) is 0.250. The van der Waals surface area contributed by atoms with E-state index in [4.69, 9.17) is 21.1 Å². The largest absolute Gasteiger partial charge is 0.497 e. The molecule has 0 saturated carbocycles. The fourth-order valence-electron chi connectivity index (χ4n) is 2.34. The first kappa shape index (κ1) is 17.0. The van der Waals surface area contributed by atoms with Crippen molar-refractivity contribution in [3.8, 4) is 11.5 Å². The van der Waals surface area contributed by atoms with Crippen LogP contribution in [0.25, 0.3) is 11.0 Å². The van der Waals surface area contributed by atoms with Crippen molar-refractivity contribution in [1.29, 1.82) is 0 Å². The summed E-state index contributed by atoms with van der Waals surface area (Å²) in [6.07, 6.45) is 1.56. The maximum Gasteiger partial charge on any atom is 0.289 e. The minimum atomic E-state index is -0.442. The number of fused-ring (bicyclic) bond motifs is 1. The molecule has 1 N–H and O–H groups in total. The molecule has 0 fully saturated rings. The molecule has 1 amide bonds. The summed E-state index contributed by atoms with van der Waals surface area (Å²) < 4.78 is 12.0. The molecule has 0 spiro atoms. The number of aryl methyl sites for hydroxylation is 1. The first-order chi connectivity index (χ1) is 12.0. The van der Waals surface area contributed by atoms with Gasteiger partial charge in [0.25, 0.3) is 5.91 Å². The van der Waals surface area contributed by atoms with Gasteiger partial charge in [0.05, 0.1) is 25.8 Å². The van der Waals surface area contributed by atoms with Gasteiger partial charge in [-0.05, 0) is 12.1 Å². The van der Waals surface area contributed by atoms with Gasteiger partial charge in [-0.15, -0.1) is 0 Å². The molecule has 3 rings (SSSR count). The zero-order valence-electron chi connectivity index (χ0n) is 13.9. The monoisotopic (exact) mass is 361 g/mol. The minimum Gasteiger partial charge on any atom is -0.497 e. The number of hydrogen-bond donors (Lipinski definition) is 1. The molecule has 25 heavy (non-hydrogen) atoms. The number of carbonyl (C=O) groups is 1. The molecule has 2 aromatic heterocycles. The van der Waals surface area contributed by atoms with Crippen LogP contribution in [0, 0.1) is 0 Å². The summed E-state index contributed by atoms with van der Waals surface area (Å²) >= 11 is 6.10. The van der Waals surface area contributed by atoms with Crippen LogP contribution in [0.2, 0.25) is 5.15 Å². The number of carbonyl (C=O) groups excluding carboxylic acids is 1. The number of nitrogens with zero attached hydrogens (tertiary/aromatic N) is 4. The Balaban J connectivity index is 1.80. The average Bonchev–Trinajstić information content (AvgIpc) is 3.01. The minimum absolute atomic E-state index is 0.0198. The molecule has 0 radical (unpaired) electrons. The van der Waals surface area contributed by atoms with Crippen LogP contribution in [0.3, 0.4) is 0 Å². The second-order valence-electron chi connectivity index (χ2n) is 5.20. The third-order valence-electron chi connectivity index (χ3n) is 3.68. The topological polar surface area (TPSA) is 91.2 Å². The van der Waals surface area contributed by atoms with E-state index in [0.29, 0.717) is 22.5 Å². The Kier molecular flexibility index (Phi) is 4.71. The molecule has 0 saturated heterocycles. The van der Waals surface area contributed by atoms with Gasteiger partial charge in [0.1, 0.15) is 16.7 Å². The van der Waals surface area contributed by atoms with E-state index in [1.54, 1.807) is 39.6 Å². The molecule has 0 aliphatic carbocycles. The lowest BCUT2D eigenvalue weighted by molar-refractivity contribution is 0.0940. The summed E-state index contributed by atoms with van der Waals surface area (Å²) in [5.41, 5.74) is 1.29. The molecule has 2 heterocycles. The molecule has 0 unspecified atom stereocenters. The van der Waals surface area contributed by atoms with Crippen molar-refractivity contribution in [2.75, 3.05) is 14.2 Å². The second-order valence-corrected chi connectivity index (χ2v) is 5.56. The highest BCUT2D eigenvalue weighted by atomic mass is 35.5. The lowest BCUT2D eigenvalue weighted by Gasteiger charge is -2.11. The number of benzene rings is 1. The SMILES string of the molecule is COc1ccc(CNC(=O)c2nc(Cl)c3cnn(C)c3n2)c(OC)c1. The maximum atomic E-state index is 12.4. The highest BCUT2D eigenvalue weighted by Crippen LogP contribution is 2.24. The lowest BCUT2D eigenvalue weighted by Crippen LogP contribution is -2.25. The molecule has 0 bridgehead atoms. The van der Waals surface area contributed by atoms with Crippen molar-refractivity contribution in [1.82, 2.24) is 25.1 Å². The summed E-state index contributed by atoms with van der Waals surface area (Å²) in [6.45, 7) is 0.246. The molecule has 8 nitrogen and oxygen atoms in total. The highest BCUT2D eigenvalue weighted by Gasteiger charge is 2.16. The maximum absolute atomic E-state index is 12.4. The van der Waals surface area contributed by atoms with Gasteiger partial charge in [0.2, 0.25) is 5.82 Å². The number of rotatable bonds is 5. The van der Waals surface area contributed by atoms with Gasteiger partial charge in [0.15, 0.2) is 5.65 Å². The third kappa shape index (κ3) is 3.34. The van der Waals surface area contributed by atoms with E-state index in [9.17, 15) is 4.79 Å². The lowest BCUT2D eigenvalue weighted by atomic mass is 10.2. The van der Waals surface area contributed by atoms with E-state index in [2.05, 4.69) is 20.4 Å². The Morgan fingerprint density at radius 1 is 1.28 bits per heavy atom. The fourth-order valence-corrected chi connectivity index (χ4v) is 2.56. The smallest absolute Gasteiger partial charge is 0.289 e. The summed E-state index contributed by atoms with van der Waals surface area (Å²) in [4.78, 5) is 20.6. The first-order valence-corrected chi connectivity index (χ1v) is 7.75. The molecule has 130 valence electrons. The zero-order valence-corrected chi connectivity index (χ0v) is 14.7. The van der Waals surface area contributed by atoms with Crippen LogP contribution in [0.5, 0.6) is 11.5 Å². The molecular weight excluding hydrogens is 346 g/mol. The number of halogens is 1. The quantitative estimate of drug-likeness (QED) is 0.698. The van der Waals surface area contributed by atoms with Crippen LogP contribution < -0.4 is 14.8 Å². The number of methoxy groups -OCH3 is 2. The Bertz CT molecular complexity index is 941. The number of amides is 1. The highest BCUT2D eigenvalue weighted by molar-refractivity contribution is 6.34. The molecule has 9 heteroatoms. The van der Waals surface area contributed by atoms with E-state index >= 15 is 0 Å². The van der Waals surface area contributed by atoms with E-state index in [1.807, 2.05) is 6.07 Å². The van der Waals surface area contributed by atoms with Gasteiger partial charge in [0, 0.05) is 25.2 Å². The predicted octanol–water partition coefficient (Wildman–Crippen LogP) is 1.96. The van der Waals surface area contributed by atoms with Crippen LogP contribution in [0.15, 0.2) is 24.4 Å². The predicted molar refractivity (Wildman–Crippen MR) is 92.0 cm³/mol. The van der Waals surface area contributed by atoms with Crippen molar-refractivity contribution in [2.24, 2.45) is 7.05 Å². The first-order valence-electron chi connectivity index (χ1n) is 7.38. The van der Waals surface area contributed by atoms with Crippen molar-refractivity contribution in [2.45, 2.75) is 6.54 Å². The normalized spacial score (nSPS) is 10.7. The van der Waals surface area contributed by atoms with E-state index in [-0.39, 0.29) is 17.5 Å². The number of nitrogens with one attached hydrogen (secondary N) is 1. The van der Waals surface area contributed by atoms with Crippen molar-refractivity contribution in [3.63, 3.8) is 0 Å². The van der Waals surface area contributed by atoms with Crippen LogP contribution in [-0.4, -0.2) is 39.9 Å². The summed E-state index contributed by atoms with van der Waals surface area (Å²) in [5, 5.41) is 7.60. The van der Waals surface area contributed by atoms with Crippen molar-refractivity contribution >= 4 is 28.5 Å². The summed E-state index contributed by atoms with van der Waals surface area (Å²) in [6, 6.07) is 5.35. The molecule has 3 aromatic rings. The third-order valence-corrected chi connectivity index (χ3v) is 3.97. The average molecular weight is 362 g/mol. The van der Waals surface area contributed by atoms with Crippen molar-refractivity contribution in [3.05, 3.63) is 40.9 Å². The molecular formula is C16H16ClN5O3. The van der Waals surface area contributed by atoms with Gasteiger partial charge >= 0.3 is 0 Å². The Hall–Kier alpha value is -2.87. The van der Waals surface area contributed by atoms with E-state index in [1.165, 1.54) is 4.68 Å². The van der Waals surface area contributed by atoms with Crippen LogP contribution in [0.1, 0.15) is 16.2 Å². The van der Waals surface area contributed by atoms with Gasteiger partial charge in [-0.2, -0.15) is 5.10 Å². The van der Waals surface area contributed by atoms with Crippen LogP contribution in [0.4, 0.5) is 0 Å².